The molecule has 106 valence electrons. The van der Waals surface area contributed by atoms with Gasteiger partial charge < -0.3 is 16.8 Å². The molecule has 1 amide bonds. The van der Waals surface area contributed by atoms with E-state index in [0.717, 1.165) is 4.88 Å². The van der Waals surface area contributed by atoms with Gasteiger partial charge >= 0.3 is 0 Å². The van der Waals surface area contributed by atoms with E-state index < -0.39 is 0 Å². The van der Waals surface area contributed by atoms with E-state index in [1.807, 2.05) is 17.5 Å². The molecule has 2 aromatic heterocycles. The van der Waals surface area contributed by atoms with E-state index in [2.05, 4.69) is 15.3 Å². The first-order valence-electron chi connectivity index (χ1n) is 5.91. The second-order valence-corrected chi connectivity index (χ2v) is 6.40. The molecule has 20 heavy (non-hydrogen) atoms. The fraction of sp³-hybridized carbons (Fsp3) is 0.250. The van der Waals surface area contributed by atoms with Crippen LogP contribution in [0.15, 0.2) is 28.7 Å². The molecule has 2 rings (SSSR count). The maximum Gasteiger partial charge on any atom is 0.233 e. The van der Waals surface area contributed by atoms with Crippen molar-refractivity contribution in [1.29, 1.82) is 0 Å². The van der Waals surface area contributed by atoms with Crippen molar-refractivity contribution >= 4 is 40.6 Å². The number of nitrogens with zero attached hydrogens (tertiary/aromatic N) is 2. The lowest BCUT2D eigenvalue weighted by molar-refractivity contribution is -0.120. The van der Waals surface area contributed by atoms with E-state index in [1.54, 1.807) is 18.3 Å². The highest BCUT2D eigenvalue weighted by molar-refractivity contribution is 8.00. The minimum Gasteiger partial charge on any atom is -0.383 e. The Morgan fingerprint density at radius 3 is 2.75 bits per heavy atom. The lowest BCUT2D eigenvalue weighted by Gasteiger charge is -2.10. The standard InChI is InChI=1S/C12H15N5OS2/c1-7(11(18)15-6-8-3-2-4-19-8)20-12-16-9(13)5-10(14)17-12/h2-5,7H,6H2,1H3,(H,15,18)(H4,13,14,16,17). The first kappa shape index (κ1) is 14.6. The summed E-state index contributed by atoms with van der Waals surface area (Å²) in [4.78, 5) is 21.2. The monoisotopic (exact) mass is 309 g/mol. The third kappa shape index (κ3) is 4.10. The Hall–Kier alpha value is -1.80. The molecule has 5 N–H and O–H groups in total. The van der Waals surface area contributed by atoms with Crippen molar-refractivity contribution in [2.75, 3.05) is 11.5 Å². The Morgan fingerprint density at radius 1 is 1.45 bits per heavy atom. The molecule has 0 aliphatic heterocycles. The van der Waals surface area contributed by atoms with E-state index in [1.165, 1.54) is 17.8 Å². The molecule has 2 heterocycles. The van der Waals surface area contributed by atoms with Gasteiger partial charge in [0.2, 0.25) is 5.91 Å². The average molecular weight is 309 g/mol. The van der Waals surface area contributed by atoms with Crippen LogP contribution in [0, 0.1) is 0 Å². The number of thioether (sulfide) groups is 1. The maximum absolute atomic E-state index is 12.0. The summed E-state index contributed by atoms with van der Waals surface area (Å²) in [5, 5.41) is 4.92. The molecule has 1 atom stereocenters. The number of hydrogen-bond acceptors (Lipinski definition) is 7. The summed E-state index contributed by atoms with van der Waals surface area (Å²) in [6.07, 6.45) is 0. The minimum atomic E-state index is -0.323. The summed E-state index contributed by atoms with van der Waals surface area (Å²) in [5.74, 6) is 0.519. The minimum absolute atomic E-state index is 0.0759. The third-order valence-electron chi connectivity index (χ3n) is 2.41. The van der Waals surface area contributed by atoms with Gasteiger partial charge in [0.25, 0.3) is 0 Å². The Balaban J connectivity index is 1.90. The van der Waals surface area contributed by atoms with Crippen LogP contribution in [-0.4, -0.2) is 21.1 Å². The van der Waals surface area contributed by atoms with Gasteiger partial charge in [-0.25, -0.2) is 9.97 Å². The molecule has 6 nitrogen and oxygen atoms in total. The van der Waals surface area contributed by atoms with E-state index >= 15 is 0 Å². The van der Waals surface area contributed by atoms with Crippen molar-refractivity contribution < 1.29 is 4.79 Å². The topological polar surface area (TPSA) is 107 Å². The van der Waals surface area contributed by atoms with Gasteiger partial charge in [-0.3, -0.25) is 4.79 Å². The highest BCUT2D eigenvalue weighted by atomic mass is 32.2. The van der Waals surface area contributed by atoms with Crippen LogP contribution >= 0.6 is 23.1 Å². The van der Waals surface area contributed by atoms with Crippen LogP contribution in [0.4, 0.5) is 11.6 Å². The van der Waals surface area contributed by atoms with Gasteiger partial charge in [-0.2, -0.15) is 0 Å². The van der Waals surface area contributed by atoms with Gasteiger partial charge in [-0.15, -0.1) is 11.3 Å². The van der Waals surface area contributed by atoms with E-state index in [0.29, 0.717) is 23.3 Å². The number of carbonyl (C=O) groups is 1. The molecule has 0 fully saturated rings. The van der Waals surface area contributed by atoms with Crippen molar-refractivity contribution in [2.45, 2.75) is 23.9 Å². The number of nitrogen functional groups attached to an aromatic ring is 2. The number of anilines is 2. The zero-order valence-electron chi connectivity index (χ0n) is 10.9. The van der Waals surface area contributed by atoms with Crippen LogP contribution in [-0.2, 0) is 11.3 Å². The lowest BCUT2D eigenvalue weighted by Crippen LogP contribution is -2.30. The smallest absolute Gasteiger partial charge is 0.233 e. The molecular weight excluding hydrogens is 294 g/mol. The Morgan fingerprint density at radius 2 is 2.15 bits per heavy atom. The number of nitrogens with two attached hydrogens (primary N) is 2. The van der Waals surface area contributed by atoms with Crippen molar-refractivity contribution in [1.82, 2.24) is 15.3 Å². The van der Waals surface area contributed by atoms with Crippen LogP contribution in [0.5, 0.6) is 0 Å². The molecular formula is C12H15N5OS2. The number of aromatic nitrogens is 2. The summed E-state index contributed by atoms with van der Waals surface area (Å²) in [5.41, 5.74) is 11.2. The SMILES string of the molecule is CC(Sc1nc(N)cc(N)n1)C(=O)NCc1cccs1. The zero-order chi connectivity index (χ0) is 14.5. The molecule has 0 aliphatic carbocycles. The van der Waals surface area contributed by atoms with E-state index in [-0.39, 0.29) is 11.2 Å². The Bertz CT molecular complexity index is 567. The van der Waals surface area contributed by atoms with Crippen LogP contribution in [0.1, 0.15) is 11.8 Å². The quantitative estimate of drug-likeness (QED) is 0.571. The Kier molecular flexibility index (Phi) is 4.80. The normalized spacial score (nSPS) is 12.1. The molecule has 1 unspecified atom stereocenters. The molecule has 0 spiro atoms. The summed E-state index contributed by atoms with van der Waals surface area (Å²) in [6, 6.07) is 5.41. The molecule has 0 aliphatic rings. The van der Waals surface area contributed by atoms with Crippen LogP contribution in [0.3, 0.4) is 0 Å². The second kappa shape index (κ2) is 6.58. The van der Waals surface area contributed by atoms with Gasteiger partial charge in [0.1, 0.15) is 11.6 Å². The van der Waals surface area contributed by atoms with Crippen molar-refractivity contribution in [2.24, 2.45) is 0 Å². The number of rotatable bonds is 5. The van der Waals surface area contributed by atoms with Crippen molar-refractivity contribution in [3.63, 3.8) is 0 Å². The van der Waals surface area contributed by atoms with Crippen LogP contribution < -0.4 is 16.8 Å². The van der Waals surface area contributed by atoms with Gasteiger partial charge in [0, 0.05) is 10.9 Å². The highest BCUT2D eigenvalue weighted by Crippen LogP contribution is 2.21. The fourth-order valence-electron chi connectivity index (χ4n) is 1.46. The molecule has 0 saturated carbocycles. The zero-order valence-corrected chi connectivity index (χ0v) is 12.5. The lowest BCUT2D eigenvalue weighted by atomic mass is 10.4. The number of hydrogen-bond donors (Lipinski definition) is 3. The predicted octanol–water partition coefficient (Wildman–Crippen LogP) is 1.50. The first-order chi connectivity index (χ1) is 9.54. The number of nitrogens with one attached hydrogen (secondary N) is 1. The Labute approximate surface area is 125 Å². The van der Waals surface area contributed by atoms with Crippen molar-refractivity contribution in [3.05, 3.63) is 28.5 Å². The highest BCUT2D eigenvalue weighted by Gasteiger charge is 2.16. The molecule has 0 saturated heterocycles. The van der Waals surface area contributed by atoms with Gasteiger partial charge in [0.15, 0.2) is 5.16 Å². The largest absolute Gasteiger partial charge is 0.383 e. The molecule has 8 heteroatoms. The summed E-state index contributed by atoms with van der Waals surface area (Å²) < 4.78 is 0. The average Bonchev–Trinajstić information content (AvgIpc) is 2.87. The number of amides is 1. The van der Waals surface area contributed by atoms with Gasteiger partial charge in [-0.05, 0) is 18.4 Å². The van der Waals surface area contributed by atoms with E-state index in [4.69, 9.17) is 11.5 Å². The molecule has 2 aromatic rings. The summed E-state index contributed by atoms with van der Waals surface area (Å²) in [6.45, 7) is 2.32. The predicted molar refractivity (Wildman–Crippen MR) is 82.3 cm³/mol. The van der Waals surface area contributed by atoms with Crippen molar-refractivity contribution in [3.8, 4) is 0 Å². The number of carbonyl (C=O) groups excluding carboxylic acids is 1. The van der Waals surface area contributed by atoms with E-state index in [9.17, 15) is 4.79 Å². The number of thiophene rings is 1. The molecule has 0 radical (unpaired) electrons. The fourth-order valence-corrected chi connectivity index (χ4v) is 2.92. The first-order valence-corrected chi connectivity index (χ1v) is 7.67. The third-order valence-corrected chi connectivity index (χ3v) is 4.25. The van der Waals surface area contributed by atoms with Gasteiger partial charge in [0.05, 0.1) is 11.8 Å². The molecule has 0 bridgehead atoms. The molecule has 0 aromatic carbocycles. The van der Waals surface area contributed by atoms with Crippen LogP contribution in [0.25, 0.3) is 0 Å². The van der Waals surface area contributed by atoms with Gasteiger partial charge in [-0.1, -0.05) is 17.8 Å². The maximum atomic E-state index is 12.0. The second-order valence-electron chi connectivity index (χ2n) is 4.06. The van der Waals surface area contributed by atoms with Crippen LogP contribution in [0.2, 0.25) is 0 Å². The summed E-state index contributed by atoms with van der Waals surface area (Å²) in [7, 11) is 0. The summed E-state index contributed by atoms with van der Waals surface area (Å²) >= 11 is 2.83.